The lowest BCUT2D eigenvalue weighted by Gasteiger charge is -2.28. The lowest BCUT2D eigenvalue weighted by atomic mass is 10.1. The van der Waals surface area contributed by atoms with E-state index in [0.29, 0.717) is 13.0 Å². The Bertz CT molecular complexity index is 193. The summed E-state index contributed by atoms with van der Waals surface area (Å²) in [4.78, 5) is 16.0. The summed E-state index contributed by atoms with van der Waals surface area (Å²) in [5.74, 6) is 0.211. The molecule has 0 aromatic carbocycles. The first-order valence-electron chi connectivity index (χ1n) is 6.28. The maximum atomic E-state index is 11.9. The van der Waals surface area contributed by atoms with E-state index in [2.05, 4.69) is 11.8 Å². The largest absolute Gasteiger partial charge is 0.343 e. The molecule has 1 unspecified atom stereocenters. The molecule has 0 aromatic heterocycles. The first-order chi connectivity index (χ1) is 7.60. The second-order valence-corrected chi connectivity index (χ2v) is 4.14. The molecular weight excluding hydrogens is 202 g/mol. The van der Waals surface area contributed by atoms with Crippen molar-refractivity contribution in [3.8, 4) is 0 Å². The molecule has 0 radical (unpaired) electrons. The molecule has 0 rings (SSSR count). The van der Waals surface area contributed by atoms with Gasteiger partial charge in [0.2, 0.25) is 5.91 Å². The van der Waals surface area contributed by atoms with Crippen LogP contribution in [-0.4, -0.2) is 55.0 Å². The number of nitrogens with two attached hydrogens (primary N) is 1. The molecule has 0 aliphatic rings. The van der Waals surface area contributed by atoms with Gasteiger partial charge in [0, 0.05) is 32.1 Å². The molecule has 0 heterocycles. The van der Waals surface area contributed by atoms with Gasteiger partial charge in [-0.3, -0.25) is 4.79 Å². The summed E-state index contributed by atoms with van der Waals surface area (Å²) in [7, 11) is 2.04. The van der Waals surface area contributed by atoms with E-state index in [1.54, 1.807) is 0 Å². The maximum Gasteiger partial charge on any atom is 0.224 e. The van der Waals surface area contributed by atoms with Crippen molar-refractivity contribution < 1.29 is 4.79 Å². The molecule has 2 N–H and O–H groups in total. The van der Waals surface area contributed by atoms with E-state index in [-0.39, 0.29) is 11.9 Å². The molecule has 4 heteroatoms. The van der Waals surface area contributed by atoms with Gasteiger partial charge in [0.15, 0.2) is 0 Å². The van der Waals surface area contributed by atoms with Crippen molar-refractivity contribution in [1.82, 2.24) is 9.80 Å². The molecule has 0 bridgehead atoms. The third-order valence-electron chi connectivity index (χ3n) is 3.00. The van der Waals surface area contributed by atoms with Crippen LogP contribution in [0.15, 0.2) is 0 Å². The number of hydrogen-bond acceptors (Lipinski definition) is 3. The highest BCUT2D eigenvalue weighted by Crippen LogP contribution is 2.05. The van der Waals surface area contributed by atoms with E-state index < -0.39 is 0 Å². The zero-order valence-electron chi connectivity index (χ0n) is 11.2. The van der Waals surface area contributed by atoms with E-state index in [1.165, 1.54) is 0 Å². The smallest absolute Gasteiger partial charge is 0.224 e. The highest BCUT2D eigenvalue weighted by Gasteiger charge is 2.19. The Labute approximate surface area is 99.8 Å². The lowest BCUT2D eigenvalue weighted by molar-refractivity contribution is -0.132. The molecule has 0 aliphatic carbocycles. The zero-order chi connectivity index (χ0) is 12.6. The number of rotatable bonds is 8. The lowest BCUT2D eigenvalue weighted by Crippen LogP contribution is -2.43. The minimum absolute atomic E-state index is 0.174. The van der Waals surface area contributed by atoms with Gasteiger partial charge in [-0.1, -0.05) is 6.92 Å². The highest BCUT2D eigenvalue weighted by molar-refractivity contribution is 5.76. The number of hydrogen-bond donors (Lipinski definition) is 1. The fourth-order valence-electron chi connectivity index (χ4n) is 1.86. The average molecular weight is 229 g/mol. The normalized spacial score (nSPS) is 12.9. The Kier molecular flexibility index (Phi) is 8.21. The highest BCUT2D eigenvalue weighted by atomic mass is 16.2. The molecule has 0 spiro atoms. The van der Waals surface area contributed by atoms with Crippen molar-refractivity contribution in [1.29, 1.82) is 0 Å². The van der Waals surface area contributed by atoms with Crippen LogP contribution in [-0.2, 0) is 4.79 Å². The van der Waals surface area contributed by atoms with Crippen molar-refractivity contribution in [3.05, 3.63) is 0 Å². The van der Waals surface area contributed by atoms with Crippen LogP contribution < -0.4 is 5.73 Å². The predicted octanol–water partition coefficient (Wildman–Crippen LogP) is 0.914. The summed E-state index contributed by atoms with van der Waals surface area (Å²) in [5.41, 5.74) is 5.72. The van der Waals surface area contributed by atoms with Crippen molar-refractivity contribution in [2.75, 3.05) is 33.2 Å². The molecule has 1 amide bonds. The van der Waals surface area contributed by atoms with Crippen LogP contribution in [0.25, 0.3) is 0 Å². The Morgan fingerprint density at radius 3 is 2.19 bits per heavy atom. The van der Waals surface area contributed by atoms with E-state index in [9.17, 15) is 4.79 Å². The number of carbonyl (C=O) groups is 1. The Morgan fingerprint density at radius 2 is 1.81 bits per heavy atom. The summed E-state index contributed by atoms with van der Waals surface area (Å²) in [6, 6.07) is 0.174. The van der Waals surface area contributed by atoms with Crippen LogP contribution in [0, 0.1) is 0 Å². The Morgan fingerprint density at radius 1 is 1.25 bits per heavy atom. The minimum atomic E-state index is 0.174. The van der Waals surface area contributed by atoms with Crippen molar-refractivity contribution in [2.45, 2.75) is 39.7 Å². The van der Waals surface area contributed by atoms with E-state index in [1.807, 2.05) is 25.8 Å². The van der Waals surface area contributed by atoms with Gasteiger partial charge < -0.3 is 15.5 Å². The number of amides is 1. The van der Waals surface area contributed by atoms with Crippen molar-refractivity contribution in [3.63, 3.8) is 0 Å². The molecule has 0 fully saturated rings. The number of likely N-dealkylation sites (N-methyl/N-ethyl adjacent to an activating group) is 1. The van der Waals surface area contributed by atoms with Crippen LogP contribution in [0.5, 0.6) is 0 Å². The molecule has 16 heavy (non-hydrogen) atoms. The molecule has 0 aliphatic heterocycles. The van der Waals surface area contributed by atoms with Gasteiger partial charge in [0.05, 0.1) is 0 Å². The Hall–Kier alpha value is -0.610. The molecule has 0 saturated heterocycles. The molecule has 1 atom stereocenters. The number of carbonyl (C=O) groups excluding carboxylic acids is 1. The monoisotopic (exact) mass is 229 g/mol. The third-order valence-corrected chi connectivity index (χ3v) is 3.00. The fraction of sp³-hybridized carbons (Fsp3) is 0.917. The quantitative estimate of drug-likeness (QED) is 0.673. The Balaban J connectivity index is 4.25. The van der Waals surface area contributed by atoms with Crippen LogP contribution in [0.4, 0.5) is 0 Å². The first kappa shape index (κ1) is 15.4. The standard InChI is InChI=1S/C12H27N3O/c1-5-8-14(4)11(10-13)9-12(16)15(6-2)7-3/h11H,5-10,13H2,1-4H3. The zero-order valence-corrected chi connectivity index (χ0v) is 11.2. The van der Waals surface area contributed by atoms with Gasteiger partial charge in [-0.2, -0.15) is 0 Å². The molecule has 96 valence electrons. The maximum absolute atomic E-state index is 11.9. The summed E-state index contributed by atoms with van der Waals surface area (Å²) in [5, 5.41) is 0. The molecule has 0 saturated carbocycles. The van der Waals surface area contributed by atoms with Crippen molar-refractivity contribution in [2.24, 2.45) is 5.73 Å². The van der Waals surface area contributed by atoms with E-state index >= 15 is 0 Å². The van der Waals surface area contributed by atoms with Gasteiger partial charge in [0.1, 0.15) is 0 Å². The van der Waals surface area contributed by atoms with Gasteiger partial charge in [-0.05, 0) is 33.9 Å². The van der Waals surface area contributed by atoms with Gasteiger partial charge in [-0.15, -0.1) is 0 Å². The van der Waals surface area contributed by atoms with Crippen LogP contribution >= 0.6 is 0 Å². The average Bonchev–Trinajstić information content (AvgIpc) is 2.27. The fourth-order valence-corrected chi connectivity index (χ4v) is 1.86. The van der Waals surface area contributed by atoms with Crippen molar-refractivity contribution >= 4 is 5.91 Å². The molecule has 4 nitrogen and oxygen atoms in total. The van der Waals surface area contributed by atoms with Crippen LogP contribution in [0.1, 0.15) is 33.6 Å². The summed E-state index contributed by atoms with van der Waals surface area (Å²) in [6.07, 6.45) is 1.63. The van der Waals surface area contributed by atoms with Gasteiger partial charge >= 0.3 is 0 Å². The van der Waals surface area contributed by atoms with Gasteiger partial charge in [0.25, 0.3) is 0 Å². The topological polar surface area (TPSA) is 49.6 Å². The van der Waals surface area contributed by atoms with Crippen LogP contribution in [0.2, 0.25) is 0 Å². The minimum Gasteiger partial charge on any atom is -0.343 e. The predicted molar refractivity (Wildman–Crippen MR) is 68.3 cm³/mol. The van der Waals surface area contributed by atoms with Crippen LogP contribution in [0.3, 0.4) is 0 Å². The third kappa shape index (κ3) is 4.94. The summed E-state index contributed by atoms with van der Waals surface area (Å²) >= 11 is 0. The van der Waals surface area contributed by atoms with Gasteiger partial charge in [-0.25, -0.2) is 0 Å². The van der Waals surface area contributed by atoms with E-state index in [4.69, 9.17) is 5.73 Å². The first-order valence-corrected chi connectivity index (χ1v) is 6.28. The summed E-state index contributed by atoms with van der Waals surface area (Å²) in [6.45, 7) is 9.25. The second-order valence-electron chi connectivity index (χ2n) is 4.14. The molecular formula is C12H27N3O. The van der Waals surface area contributed by atoms with E-state index in [0.717, 1.165) is 26.1 Å². The SMILES string of the molecule is CCCN(C)C(CN)CC(=O)N(CC)CC. The second kappa shape index (κ2) is 8.53. The number of nitrogens with zero attached hydrogens (tertiary/aromatic N) is 2. The summed E-state index contributed by atoms with van der Waals surface area (Å²) < 4.78 is 0. The molecule has 0 aromatic rings.